The first-order valence-corrected chi connectivity index (χ1v) is 10.8. The fourth-order valence-electron chi connectivity index (χ4n) is 4.06. The van der Waals surface area contributed by atoms with Gasteiger partial charge in [0.25, 0.3) is 0 Å². The van der Waals surface area contributed by atoms with E-state index in [1.165, 1.54) is 7.11 Å². The van der Waals surface area contributed by atoms with E-state index in [-0.39, 0.29) is 5.91 Å². The van der Waals surface area contributed by atoms with Crippen molar-refractivity contribution < 1.29 is 14.3 Å². The van der Waals surface area contributed by atoms with Crippen LogP contribution in [0.5, 0.6) is 0 Å². The van der Waals surface area contributed by atoms with Crippen molar-refractivity contribution in [3.63, 3.8) is 0 Å². The lowest BCUT2D eigenvalue weighted by molar-refractivity contribution is -0.115. The fraction of sp³-hybridized carbons (Fsp3) is 0.0714. The highest BCUT2D eigenvalue weighted by Crippen LogP contribution is 2.37. The molecular weight excluding hydrogens is 426 g/mol. The van der Waals surface area contributed by atoms with Crippen molar-refractivity contribution in [1.82, 2.24) is 4.98 Å². The molecule has 1 unspecified atom stereocenters. The van der Waals surface area contributed by atoms with E-state index >= 15 is 0 Å². The number of aromatic nitrogens is 1. The van der Waals surface area contributed by atoms with Gasteiger partial charge in [0.2, 0.25) is 5.91 Å². The summed E-state index contributed by atoms with van der Waals surface area (Å²) >= 11 is 0. The lowest BCUT2D eigenvalue weighted by Crippen LogP contribution is -2.21. The average Bonchev–Trinajstić information content (AvgIpc) is 3.22. The number of benzene rings is 3. The summed E-state index contributed by atoms with van der Waals surface area (Å²) in [5, 5.41) is 2.90. The third-order valence-corrected chi connectivity index (χ3v) is 5.73. The highest BCUT2D eigenvalue weighted by atomic mass is 16.5. The SMILES string of the molecule is COC(=O)c1ccc2c(c1)NC(=O)C2C(=Nc1ccc(-c2ccccn2)cc1)c1ccccc1. The van der Waals surface area contributed by atoms with Gasteiger partial charge in [-0.3, -0.25) is 14.8 Å². The Bertz CT molecular complexity index is 1380. The summed E-state index contributed by atoms with van der Waals surface area (Å²) in [4.78, 5) is 34.4. The molecule has 0 bridgehead atoms. The van der Waals surface area contributed by atoms with Crippen molar-refractivity contribution in [2.75, 3.05) is 12.4 Å². The molecule has 0 fully saturated rings. The second kappa shape index (κ2) is 9.11. The quantitative estimate of drug-likeness (QED) is 0.328. The number of amides is 1. The van der Waals surface area contributed by atoms with Crippen LogP contribution in [-0.4, -0.2) is 29.7 Å². The number of carbonyl (C=O) groups excluding carboxylic acids is 2. The predicted molar refractivity (Wildman–Crippen MR) is 131 cm³/mol. The second-order valence-corrected chi connectivity index (χ2v) is 7.84. The van der Waals surface area contributed by atoms with Crippen LogP contribution in [0.2, 0.25) is 0 Å². The summed E-state index contributed by atoms with van der Waals surface area (Å²) in [6, 6.07) is 28.3. The minimum atomic E-state index is -0.612. The maximum Gasteiger partial charge on any atom is 0.337 e. The van der Waals surface area contributed by atoms with Crippen LogP contribution in [0.3, 0.4) is 0 Å². The number of anilines is 1. The minimum Gasteiger partial charge on any atom is -0.465 e. The van der Waals surface area contributed by atoms with Crippen LogP contribution in [0.25, 0.3) is 11.3 Å². The molecule has 1 aliphatic rings. The van der Waals surface area contributed by atoms with Gasteiger partial charge in [0, 0.05) is 17.4 Å². The average molecular weight is 447 g/mol. The largest absolute Gasteiger partial charge is 0.465 e. The molecule has 1 amide bonds. The van der Waals surface area contributed by atoms with Gasteiger partial charge in [-0.25, -0.2) is 4.79 Å². The topological polar surface area (TPSA) is 80.6 Å². The number of ether oxygens (including phenoxy) is 1. The lowest BCUT2D eigenvalue weighted by Gasteiger charge is -2.14. The number of carbonyl (C=O) groups is 2. The van der Waals surface area contributed by atoms with Gasteiger partial charge in [-0.15, -0.1) is 0 Å². The summed E-state index contributed by atoms with van der Waals surface area (Å²) in [5.74, 6) is -1.25. The predicted octanol–water partition coefficient (Wildman–Crippen LogP) is 5.39. The van der Waals surface area contributed by atoms with E-state index in [0.717, 1.165) is 28.1 Å². The molecule has 1 aliphatic heterocycles. The summed E-state index contributed by atoms with van der Waals surface area (Å²) < 4.78 is 4.81. The first kappa shape index (κ1) is 21.3. The number of pyridine rings is 1. The molecular formula is C28H21N3O3. The molecule has 0 spiro atoms. The molecule has 2 heterocycles. The molecule has 0 radical (unpaired) electrons. The van der Waals surface area contributed by atoms with Gasteiger partial charge in [-0.05, 0) is 47.5 Å². The first-order valence-electron chi connectivity index (χ1n) is 10.8. The van der Waals surface area contributed by atoms with Crippen molar-refractivity contribution in [2.45, 2.75) is 5.92 Å². The van der Waals surface area contributed by atoms with E-state index in [0.29, 0.717) is 17.0 Å². The van der Waals surface area contributed by atoms with Crippen LogP contribution >= 0.6 is 0 Å². The van der Waals surface area contributed by atoms with E-state index in [1.54, 1.807) is 24.4 Å². The van der Waals surface area contributed by atoms with Crippen molar-refractivity contribution in [2.24, 2.45) is 4.99 Å². The zero-order chi connectivity index (χ0) is 23.5. The van der Waals surface area contributed by atoms with Gasteiger partial charge in [0.1, 0.15) is 5.92 Å². The Hall–Kier alpha value is -4.58. The van der Waals surface area contributed by atoms with Crippen LogP contribution in [-0.2, 0) is 9.53 Å². The van der Waals surface area contributed by atoms with Crippen molar-refractivity contribution in [3.8, 4) is 11.3 Å². The summed E-state index contributed by atoms with van der Waals surface area (Å²) in [5.41, 5.74) is 5.82. The van der Waals surface area contributed by atoms with Crippen molar-refractivity contribution in [3.05, 3.63) is 114 Å². The molecule has 6 nitrogen and oxygen atoms in total. The zero-order valence-electron chi connectivity index (χ0n) is 18.4. The van der Waals surface area contributed by atoms with Crippen molar-refractivity contribution in [1.29, 1.82) is 0 Å². The Labute approximate surface area is 197 Å². The molecule has 34 heavy (non-hydrogen) atoms. The zero-order valence-corrected chi connectivity index (χ0v) is 18.4. The summed E-state index contributed by atoms with van der Waals surface area (Å²) in [6.07, 6.45) is 1.76. The summed E-state index contributed by atoms with van der Waals surface area (Å²) in [6.45, 7) is 0. The number of esters is 1. The summed E-state index contributed by atoms with van der Waals surface area (Å²) in [7, 11) is 1.33. The van der Waals surface area contributed by atoms with Gasteiger partial charge in [0.15, 0.2) is 0 Å². The number of hydrogen-bond acceptors (Lipinski definition) is 5. The normalized spacial score (nSPS) is 14.9. The molecule has 4 aromatic rings. The monoisotopic (exact) mass is 447 g/mol. The van der Waals surface area contributed by atoms with Crippen molar-refractivity contribution >= 4 is 29.0 Å². The van der Waals surface area contributed by atoms with Gasteiger partial charge < -0.3 is 10.1 Å². The highest BCUT2D eigenvalue weighted by Gasteiger charge is 2.36. The molecule has 0 saturated carbocycles. The van der Waals surface area contributed by atoms with Crippen LogP contribution in [0, 0.1) is 0 Å². The van der Waals surface area contributed by atoms with Crippen LogP contribution in [0.4, 0.5) is 11.4 Å². The third-order valence-electron chi connectivity index (χ3n) is 5.73. The lowest BCUT2D eigenvalue weighted by atomic mass is 9.90. The van der Waals surface area contributed by atoms with Gasteiger partial charge in [0.05, 0.1) is 29.8 Å². The standard InChI is InChI=1S/C28H21N3O3/c1-34-28(33)20-12-15-22-24(17-20)31-27(32)25(22)26(19-7-3-2-4-8-19)30-21-13-10-18(11-14-21)23-9-5-6-16-29-23/h2-17,25H,1H3,(H,31,32). The number of aliphatic imine (C=N–C) groups is 1. The van der Waals surface area contributed by atoms with E-state index in [4.69, 9.17) is 9.73 Å². The van der Waals surface area contributed by atoms with Crippen LogP contribution in [0.15, 0.2) is 102 Å². The minimum absolute atomic E-state index is 0.190. The molecule has 6 heteroatoms. The maximum atomic E-state index is 13.1. The molecule has 1 N–H and O–H groups in total. The van der Waals surface area contributed by atoms with Crippen LogP contribution < -0.4 is 5.32 Å². The number of rotatable bonds is 5. The van der Waals surface area contributed by atoms with Gasteiger partial charge in [-0.1, -0.05) is 54.6 Å². The number of nitrogens with zero attached hydrogens (tertiary/aromatic N) is 2. The van der Waals surface area contributed by atoms with Crippen LogP contribution in [0.1, 0.15) is 27.4 Å². The van der Waals surface area contributed by atoms with E-state index in [1.807, 2.05) is 72.8 Å². The molecule has 166 valence electrons. The number of fused-ring (bicyclic) bond motifs is 1. The van der Waals surface area contributed by atoms with E-state index in [9.17, 15) is 9.59 Å². The Morgan fingerprint density at radius 3 is 2.38 bits per heavy atom. The Kier molecular flexibility index (Phi) is 5.70. The number of methoxy groups -OCH3 is 1. The molecule has 5 rings (SSSR count). The molecule has 1 atom stereocenters. The second-order valence-electron chi connectivity index (χ2n) is 7.84. The van der Waals surface area contributed by atoms with Gasteiger partial charge >= 0.3 is 5.97 Å². The Morgan fingerprint density at radius 1 is 0.912 bits per heavy atom. The molecule has 3 aromatic carbocycles. The van der Waals surface area contributed by atoms with E-state index in [2.05, 4.69) is 10.3 Å². The molecule has 0 saturated heterocycles. The highest BCUT2D eigenvalue weighted by molar-refractivity contribution is 6.24. The van der Waals surface area contributed by atoms with E-state index < -0.39 is 11.9 Å². The van der Waals surface area contributed by atoms with Gasteiger partial charge in [-0.2, -0.15) is 0 Å². The molecule has 0 aliphatic carbocycles. The Morgan fingerprint density at radius 2 is 1.68 bits per heavy atom. The first-order chi connectivity index (χ1) is 16.6. The Balaban J connectivity index is 1.56. The fourth-order valence-corrected chi connectivity index (χ4v) is 4.06. The third kappa shape index (κ3) is 4.09. The molecule has 1 aromatic heterocycles. The number of hydrogen-bond donors (Lipinski definition) is 1. The smallest absolute Gasteiger partial charge is 0.337 e. The maximum absolute atomic E-state index is 13.1. The number of nitrogens with one attached hydrogen (secondary N) is 1.